The Morgan fingerprint density at radius 1 is 0.192 bits per heavy atom. The Balaban J connectivity index is 1.09. The van der Waals surface area contributed by atoms with Gasteiger partial charge >= 0.3 is 0 Å². The van der Waals surface area contributed by atoms with Crippen molar-refractivity contribution in [3.05, 3.63) is 249 Å². The van der Waals surface area contributed by atoms with Gasteiger partial charge in [0.15, 0.2) is 0 Å². The van der Waals surface area contributed by atoms with Gasteiger partial charge in [-0.1, -0.05) is 343 Å². The van der Waals surface area contributed by atoms with E-state index in [1.807, 2.05) is 0 Å². The molecule has 13 aromatic carbocycles. The van der Waals surface area contributed by atoms with E-state index in [4.69, 9.17) is 0 Å². The second-order valence-corrected chi connectivity index (χ2v) is 40.2. The predicted octanol–water partition coefficient (Wildman–Crippen LogP) is 30.0. The Hall–Kier alpha value is -9.10. The molecule has 0 saturated carbocycles. The maximum absolute atomic E-state index is 2.66. The molecule has 4 aliphatic rings. The van der Waals surface area contributed by atoms with Gasteiger partial charge in [-0.2, -0.15) is 0 Å². The molecule has 0 heterocycles. The van der Waals surface area contributed by atoms with Gasteiger partial charge in [0.05, 0.1) is 0 Å². The second kappa shape index (κ2) is 21.8. The fraction of sp³-hybridized carbons (Fsp3) is 0.327. The monoisotopic (exact) mass is 1350 g/mol. The van der Waals surface area contributed by atoms with Gasteiger partial charge in [-0.15, -0.1) is 0 Å². The minimum Gasteiger partial charge on any atom is -0.0616 e. The van der Waals surface area contributed by atoms with E-state index < -0.39 is 0 Å². The summed E-state index contributed by atoms with van der Waals surface area (Å²) < 4.78 is 0. The molecule has 4 aliphatic carbocycles. The maximum Gasteiger partial charge on any atom is 0.0159 e. The number of rotatable bonds is 4. The molecule has 0 atom stereocenters. The van der Waals surface area contributed by atoms with Crippen LogP contribution in [0.15, 0.2) is 188 Å². The predicted molar refractivity (Wildman–Crippen MR) is 453 cm³/mol. The summed E-state index contributed by atoms with van der Waals surface area (Å²) in [5.41, 5.74) is 40.6. The molecule has 0 bridgehead atoms. The molecule has 0 fully saturated rings. The van der Waals surface area contributed by atoms with E-state index in [1.54, 1.807) is 0 Å². The summed E-state index contributed by atoms with van der Waals surface area (Å²) in [4.78, 5) is 0. The second-order valence-electron chi connectivity index (χ2n) is 40.2. The quantitative estimate of drug-likeness (QED) is 0.154. The SMILES string of the molecule is CC(C)(C)c1cc(-c2c3c(c(-c4cc(C(C)(C)C)cc(C(C)(C)C)c4)c4ccccc24)-c2ccc4c5c(ccc-3c25)-c2c-4c(-c3cc(C(C)(C)C)cc4c3-c3ccc(C(C)(C)C)cc3C4(C)C)c3cc4ccccc4cc3c2-c2cccc3c2-c2ccc(C(C)(C)C)cc2C3(C)C)cc(C(C)(C)C)c1. The van der Waals surface area contributed by atoms with Crippen molar-refractivity contribution in [3.63, 3.8) is 0 Å². The first-order valence-electron chi connectivity index (χ1n) is 38.7. The smallest absolute Gasteiger partial charge is 0.0159 e. The van der Waals surface area contributed by atoms with E-state index in [9.17, 15) is 0 Å². The molecule has 17 rings (SSSR count). The molecule has 104 heavy (non-hydrogen) atoms. The van der Waals surface area contributed by atoms with Gasteiger partial charge in [-0.25, -0.2) is 0 Å². The molecule has 0 amide bonds. The minimum absolute atomic E-state index is 0.0108. The molecule has 0 unspecified atom stereocenters. The van der Waals surface area contributed by atoms with Crippen molar-refractivity contribution in [1.29, 1.82) is 0 Å². The molecule has 0 aliphatic heterocycles. The summed E-state index contributed by atoms with van der Waals surface area (Å²) in [5.74, 6) is 0. The fourth-order valence-electron chi connectivity index (χ4n) is 18.9. The van der Waals surface area contributed by atoms with Crippen LogP contribution in [-0.4, -0.2) is 0 Å². The van der Waals surface area contributed by atoms with Crippen LogP contribution in [0.2, 0.25) is 0 Å². The van der Waals surface area contributed by atoms with Gasteiger partial charge in [0.2, 0.25) is 0 Å². The minimum atomic E-state index is -0.276. The molecule has 0 saturated heterocycles. The zero-order chi connectivity index (χ0) is 73.9. The van der Waals surface area contributed by atoms with Crippen LogP contribution in [-0.2, 0) is 48.7 Å². The Morgan fingerprint density at radius 2 is 0.510 bits per heavy atom. The van der Waals surface area contributed by atoms with E-state index in [0.29, 0.717) is 0 Å². The van der Waals surface area contributed by atoms with Gasteiger partial charge in [-0.05, 0) is 272 Å². The van der Waals surface area contributed by atoms with Crippen molar-refractivity contribution in [1.82, 2.24) is 0 Å². The van der Waals surface area contributed by atoms with Crippen LogP contribution in [0, 0.1) is 0 Å². The van der Waals surface area contributed by atoms with Crippen molar-refractivity contribution >= 4 is 43.1 Å². The summed E-state index contributed by atoms with van der Waals surface area (Å²) in [6.45, 7) is 60.1. The molecular weight excluding hydrogens is 1250 g/mol. The summed E-state index contributed by atoms with van der Waals surface area (Å²) in [7, 11) is 0. The topological polar surface area (TPSA) is 0 Å². The molecule has 0 radical (unpaired) electrons. The van der Waals surface area contributed by atoms with Crippen LogP contribution >= 0.6 is 0 Å². The Morgan fingerprint density at radius 3 is 0.894 bits per heavy atom. The maximum atomic E-state index is 2.66. The molecular formula is C104H106. The van der Waals surface area contributed by atoms with Gasteiger partial charge in [0.25, 0.3) is 0 Å². The summed E-state index contributed by atoms with van der Waals surface area (Å²) in [6, 6.07) is 77.1. The lowest BCUT2D eigenvalue weighted by Gasteiger charge is -2.29. The van der Waals surface area contributed by atoms with Crippen molar-refractivity contribution < 1.29 is 0 Å². The van der Waals surface area contributed by atoms with E-state index in [0.717, 1.165) is 0 Å². The average Bonchev–Trinajstić information content (AvgIpc) is 1.49. The largest absolute Gasteiger partial charge is 0.0616 e. The van der Waals surface area contributed by atoms with Crippen LogP contribution in [0.1, 0.15) is 234 Å². The highest BCUT2D eigenvalue weighted by Crippen LogP contribution is 2.68. The van der Waals surface area contributed by atoms with Gasteiger partial charge in [0, 0.05) is 10.8 Å². The van der Waals surface area contributed by atoms with Gasteiger partial charge < -0.3 is 0 Å². The lowest BCUT2D eigenvalue weighted by molar-refractivity contribution is 0.568. The van der Waals surface area contributed by atoms with Crippen LogP contribution in [0.25, 0.3) is 154 Å². The van der Waals surface area contributed by atoms with E-state index in [2.05, 4.69) is 361 Å². The molecule has 0 aromatic heterocycles. The van der Waals surface area contributed by atoms with Crippen LogP contribution in [0.5, 0.6) is 0 Å². The summed E-state index contributed by atoms with van der Waals surface area (Å²) in [5, 5.41) is 10.4. The molecule has 13 aromatic rings. The third kappa shape index (κ3) is 9.94. The molecule has 0 N–H and O–H groups in total. The number of hydrogen-bond donors (Lipinski definition) is 0. The van der Waals surface area contributed by atoms with Crippen LogP contribution < -0.4 is 0 Å². The highest BCUT2D eigenvalue weighted by Gasteiger charge is 2.45. The first-order chi connectivity index (χ1) is 48.5. The lowest BCUT2D eigenvalue weighted by Crippen LogP contribution is -2.19. The van der Waals surface area contributed by atoms with Crippen molar-refractivity contribution in [3.8, 4) is 111 Å². The number of hydrogen-bond acceptors (Lipinski definition) is 0. The van der Waals surface area contributed by atoms with Crippen LogP contribution in [0.3, 0.4) is 0 Å². The third-order valence-electron chi connectivity index (χ3n) is 25.1. The Kier molecular flexibility index (Phi) is 14.2. The Labute approximate surface area is 621 Å². The first-order valence-corrected chi connectivity index (χ1v) is 38.7. The molecule has 0 heteroatoms. The third-order valence-corrected chi connectivity index (χ3v) is 25.1. The zero-order valence-corrected chi connectivity index (χ0v) is 66.9. The fourth-order valence-corrected chi connectivity index (χ4v) is 18.9. The average molecular weight is 1360 g/mol. The van der Waals surface area contributed by atoms with Crippen molar-refractivity contribution in [2.45, 2.75) is 222 Å². The van der Waals surface area contributed by atoms with E-state index >= 15 is 0 Å². The molecule has 522 valence electrons. The standard InChI is InChI=1S/C104H106/c1-96(2,3)61-37-39-70-81(54-61)103(22,23)80-36-30-35-72(86(70)80)90-77-49-57-31-26-27-32-58(57)50-78(77)91(79-53-67(102(19,20)21)56-83-87(79)71-40-38-62(97(4,5)6)55-82(71)104(83,24)25)95-76-44-42-74-88-73(41-43-75(89(76)88)94(90)95)92-84(59-45-63(98(7,8)9)51-64(46-59)99(10,11)12)68-33-28-29-34-69(68)85(93(74)92)60-47-65(100(13,14)15)52-66(48-60)101(16,17)18/h26-56H,1-25H3. The van der Waals surface area contributed by atoms with Crippen LogP contribution in [0.4, 0.5) is 0 Å². The molecule has 0 nitrogen and oxygen atoms in total. The highest BCUT2D eigenvalue weighted by molar-refractivity contribution is 6.36. The van der Waals surface area contributed by atoms with Gasteiger partial charge in [0.1, 0.15) is 0 Å². The van der Waals surface area contributed by atoms with Crippen molar-refractivity contribution in [2.24, 2.45) is 0 Å². The number of fused-ring (bicyclic) bond motifs is 15. The summed E-state index contributed by atoms with van der Waals surface area (Å²) >= 11 is 0. The highest BCUT2D eigenvalue weighted by atomic mass is 14.5. The van der Waals surface area contributed by atoms with E-state index in [-0.39, 0.29) is 48.7 Å². The lowest BCUT2D eigenvalue weighted by atomic mass is 9.74. The van der Waals surface area contributed by atoms with E-state index in [1.165, 1.54) is 216 Å². The number of benzene rings is 13. The Bertz CT molecular complexity index is 5770. The summed E-state index contributed by atoms with van der Waals surface area (Å²) in [6.07, 6.45) is 0. The van der Waals surface area contributed by atoms with Crippen molar-refractivity contribution in [2.75, 3.05) is 0 Å². The normalized spacial score (nSPS) is 14.9. The first kappa shape index (κ1) is 68.0. The zero-order valence-electron chi connectivity index (χ0n) is 66.9. The van der Waals surface area contributed by atoms with Gasteiger partial charge in [-0.3, -0.25) is 0 Å². The molecule has 0 spiro atoms.